The molecule has 0 N–H and O–H groups in total. The summed E-state index contributed by atoms with van der Waals surface area (Å²) in [5, 5.41) is 0. The number of piperidine rings is 1. The predicted molar refractivity (Wildman–Crippen MR) is 237 cm³/mol. The third kappa shape index (κ3) is 10.6. The zero-order chi connectivity index (χ0) is 42.4. The predicted octanol–water partition coefficient (Wildman–Crippen LogP) is 9.11. The lowest BCUT2D eigenvalue weighted by Gasteiger charge is -2.50. The maximum Gasteiger partial charge on any atom is 0.243 e. The van der Waals surface area contributed by atoms with Gasteiger partial charge in [-0.1, -0.05) is 89.6 Å². The van der Waals surface area contributed by atoms with Crippen LogP contribution < -0.4 is 9.64 Å². The Bertz CT molecular complexity index is 1880. The van der Waals surface area contributed by atoms with Gasteiger partial charge < -0.3 is 33.0 Å². The molecule has 2 fully saturated rings. The summed E-state index contributed by atoms with van der Waals surface area (Å²) in [5.74, 6) is 0.643. The van der Waals surface area contributed by atoms with Crippen LogP contribution in [0.2, 0.25) is 16.6 Å². The molecule has 0 radical (unpaired) electrons. The van der Waals surface area contributed by atoms with Gasteiger partial charge in [0.2, 0.25) is 18.3 Å². The van der Waals surface area contributed by atoms with E-state index in [0.717, 1.165) is 72.6 Å². The van der Waals surface area contributed by atoms with Crippen molar-refractivity contribution in [2.75, 3.05) is 71.7 Å². The third-order valence-corrected chi connectivity index (χ3v) is 20.9. The van der Waals surface area contributed by atoms with E-state index in [9.17, 15) is 8.42 Å². The zero-order valence-electron chi connectivity index (χ0n) is 37.1. The highest BCUT2D eigenvalue weighted by Gasteiger charge is 2.51. The van der Waals surface area contributed by atoms with E-state index >= 15 is 0 Å². The van der Waals surface area contributed by atoms with E-state index in [-0.39, 0.29) is 29.3 Å². The number of rotatable bonds is 21. The third-order valence-electron chi connectivity index (χ3n) is 13.0. The zero-order valence-corrected chi connectivity index (χ0v) is 38.9. The summed E-state index contributed by atoms with van der Waals surface area (Å²) >= 11 is 0. The number of sulfonamides is 1. The molecule has 3 atom stereocenters. The Balaban J connectivity index is 1.36. The normalized spacial score (nSPS) is 20.9. The van der Waals surface area contributed by atoms with Crippen molar-refractivity contribution >= 4 is 24.0 Å². The molecule has 1 aliphatic carbocycles. The molecule has 0 bridgehead atoms. The van der Waals surface area contributed by atoms with Crippen molar-refractivity contribution in [1.82, 2.24) is 4.31 Å². The van der Waals surface area contributed by atoms with Crippen LogP contribution in [0.15, 0.2) is 71.6 Å². The maximum atomic E-state index is 14.6. The van der Waals surface area contributed by atoms with Gasteiger partial charge in [0.05, 0.1) is 55.8 Å². The molecule has 12 heteroatoms. The molecule has 0 unspecified atom stereocenters. The Hall–Kier alpha value is -2.81. The molecule has 6 rings (SSSR count). The van der Waals surface area contributed by atoms with Gasteiger partial charge >= 0.3 is 0 Å². The lowest BCUT2D eigenvalue weighted by molar-refractivity contribution is -0.0505. The van der Waals surface area contributed by atoms with Crippen molar-refractivity contribution in [3.8, 4) is 5.75 Å². The largest absolute Gasteiger partial charge is 0.490 e. The average Bonchev–Trinajstić information content (AvgIpc) is 3.98. The summed E-state index contributed by atoms with van der Waals surface area (Å²) in [6.07, 6.45) is 2.26. The lowest BCUT2D eigenvalue weighted by Crippen LogP contribution is -2.59. The van der Waals surface area contributed by atoms with Crippen LogP contribution in [0.4, 0.5) is 5.69 Å². The Morgan fingerprint density at radius 2 is 1.47 bits per heavy atom. The standard InChI is InChI=1S/C47H70N2O8SSi/c1-34(2)59(35(3)4,36(5)6)57-45-29-49(58(50,51)41-18-11-37(7)12-19-41)28-44(46(45)40-16-13-38(14-17-40)30-54-33-47(21-22-47)32-53-9)56-31-39-15-20-43-42(27-39)48(24-26-55-43)23-10-25-52-8/h11-20,27,34-36,44-46H,10,21-26,28-33H2,1-9H3/t44-,45+,46-/m0/s1. The summed E-state index contributed by atoms with van der Waals surface area (Å²) in [6.45, 7) is 21.4. The molecule has 2 aliphatic heterocycles. The summed E-state index contributed by atoms with van der Waals surface area (Å²) in [6, 6.07) is 22.1. The van der Waals surface area contributed by atoms with E-state index in [1.807, 2.05) is 25.1 Å². The minimum atomic E-state index is -3.88. The molecule has 326 valence electrons. The minimum Gasteiger partial charge on any atom is -0.490 e. The number of hydrogen-bond acceptors (Lipinski definition) is 9. The van der Waals surface area contributed by atoms with Gasteiger partial charge in [0.1, 0.15) is 12.4 Å². The molecule has 59 heavy (non-hydrogen) atoms. The van der Waals surface area contributed by atoms with E-state index in [2.05, 4.69) is 82.8 Å². The highest BCUT2D eigenvalue weighted by Crippen LogP contribution is 2.48. The topological polar surface area (TPSA) is 96.0 Å². The van der Waals surface area contributed by atoms with Crippen LogP contribution in [0, 0.1) is 12.3 Å². The second kappa shape index (κ2) is 19.9. The smallest absolute Gasteiger partial charge is 0.243 e. The highest BCUT2D eigenvalue weighted by atomic mass is 32.2. The molecule has 3 aromatic rings. The Labute approximate surface area is 356 Å². The molecule has 0 spiro atoms. The molecule has 1 saturated carbocycles. The van der Waals surface area contributed by atoms with Gasteiger partial charge in [0.15, 0.2) is 0 Å². The number of ether oxygens (including phenoxy) is 5. The number of hydrogen-bond donors (Lipinski definition) is 0. The Morgan fingerprint density at radius 1 is 0.814 bits per heavy atom. The van der Waals surface area contributed by atoms with Gasteiger partial charge in [-0.05, 0) is 83.8 Å². The summed E-state index contributed by atoms with van der Waals surface area (Å²) in [4.78, 5) is 2.64. The van der Waals surface area contributed by atoms with Gasteiger partial charge in [-0.2, -0.15) is 4.31 Å². The number of anilines is 1. The van der Waals surface area contributed by atoms with Crippen molar-refractivity contribution in [3.63, 3.8) is 0 Å². The molecule has 1 saturated heterocycles. The van der Waals surface area contributed by atoms with Crippen LogP contribution in [-0.2, 0) is 46.6 Å². The molecule has 3 aliphatic rings. The van der Waals surface area contributed by atoms with Crippen molar-refractivity contribution < 1.29 is 36.5 Å². The molecule has 10 nitrogen and oxygen atoms in total. The van der Waals surface area contributed by atoms with Crippen LogP contribution in [0.3, 0.4) is 0 Å². The van der Waals surface area contributed by atoms with Gasteiger partial charge in [-0.3, -0.25) is 0 Å². The highest BCUT2D eigenvalue weighted by molar-refractivity contribution is 7.89. The SMILES string of the molecule is COCCCN1CCOc2ccc(CO[C@H]3CN(S(=O)(=O)c4ccc(C)cc4)C[C@@H](O[Si](C(C)C)(C(C)C)C(C)C)[C@H]3c3ccc(COCC4(COC)CC4)cc3)cc21. The van der Waals surface area contributed by atoms with Gasteiger partial charge in [0, 0.05) is 51.8 Å². The number of nitrogens with zero attached hydrogens (tertiary/aromatic N) is 2. The van der Waals surface area contributed by atoms with E-state index in [1.54, 1.807) is 30.7 Å². The molecule has 2 heterocycles. The van der Waals surface area contributed by atoms with Gasteiger partial charge in [-0.25, -0.2) is 8.42 Å². The second-order valence-electron chi connectivity index (χ2n) is 18.1. The average molecular weight is 851 g/mol. The fraction of sp³-hybridized carbons (Fsp3) is 0.617. The molecular weight excluding hydrogens is 781 g/mol. The summed E-state index contributed by atoms with van der Waals surface area (Å²) < 4.78 is 68.6. The quantitative estimate of drug-likeness (QED) is 0.0769. The summed E-state index contributed by atoms with van der Waals surface area (Å²) in [5.41, 5.74) is 6.32. The molecule has 0 aromatic heterocycles. The van der Waals surface area contributed by atoms with Gasteiger partial charge in [-0.15, -0.1) is 0 Å². The van der Waals surface area contributed by atoms with Crippen molar-refractivity contribution in [1.29, 1.82) is 0 Å². The fourth-order valence-corrected chi connectivity index (χ4v) is 16.7. The van der Waals surface area contributed by atoms with Crippen molar-refractivity contribution in [3.05, 3.63) is 89.0 Å². The Morgan fingerprint density at radius 3 is 2.10 bits per heavy atom. The van der Waals surface area contributed by atoms with Crippen molar-refractivity contribution in [2.24, 2.45) is 5.41 Å². The van der Waals surface area contributed by atoms with Gasteiger partial charge in [0.25, 0.3) is 0 Å². The van der Waals surface area contributed by atoms with Crippen LogP contribution in [0.5, 0.6) is 5.75 Å². The van der Waals surface area contributed by atoms with E-state index < -0.39 is 30.5 Å². The van der Waals surface area contributed by atoms with Crippen LogP contribution in [0.25, 0.3) is 0 Å². The number of fused-ring (bicyclic) bond motifs is 1. The first-order valence-corrected chi connectivity index (χ1v) is 25.3. The fourth-order valence-electron chi connectivity index (χ4n) is 9.64. The molecular formula is C47H70N2O8SSi. The first-order chi connectivity index (χ1) is 28.2. The molecule has 3 aromatic carbocycles. The van der Waals surface area contributed by atoms with Crippen LogP contribution >= 0.6 is 0 Å². The number of methoxy groups -OCH3 is 2. The number of benzene rings is 3. The first kappa shape index (κ1) is 45.7. The van der Waals surface area contributed by atoms with E-state index in [1.165, 1.54) is 0 Å². The monoisotopic (exact) mass is 850 g/mol. The minimum absolute atomic E-state index is 0.156. The van der Waals surface area contributed by atoms with E-state index in [0.29, 0.717) is 49.7 Å². The first-order valence-electron chi connectivity index (χ1n) is 21.7. The lowest BCUT2D eigenvalue weighted by atomic mass is 9.85. The van der Waals surface area contributed by atoms with Crippen molar-refractivity contribution in [2.45, 2.75) is 121 Å². The second-order valence-corrected chi connectivity index (χ2v) is 25.5. The number of aryl methyl sites for hydroxylation is 1. The maximum absolute atomic E-state index is 14.6. The molecule has 0 amide bonds. The van der Waals surface area contributed by atoms with Crippen LogP contribution in [0.1, 0.15) is 89.0 Å². The summed E-state index contributed by atoms with van der Waals surface area (Å²) in [7, 11) is -2.89. The Kier molecular flexibility index (Phi) is 15.4. The van der Waals surface area contributed by atoms with E-state index in [4.69, 9.17) is 28.1 Å². The van der Waals surface area contributed by atoms with Crippen LogP contribution in [-0.4, -0.2) is 100 Å².